The molecule has 0 saturated carbocycles. The summed E-state index contributed by atoms with van der Waals surface area (Å²) in [4.78, 5) is 2.35. The van der Waals surface area contributed by atoms with Crippen molar-refractivity contribution >= 4 is 11.4 Å². The van der Waals surface area contributed by atoms with Crippen LogP contribution in [-0.4, -0.2) is 19.7 Å². The second kappa shape index (κ2) is 7.14. The number of nitrogen functional groups attached to an aromatic ring is 1. The van der Waals surface area contributed by atoms with Gasteiger partial charge in [-0.05, 0) is 25.8 Å². The van der Waals surface area contributed by atoms with Crippen LogP contribution in [0.5, 0.6) is 5.75 Å². The monoisotopic (exact) mass is 250 g/mol. The maximum atomic E-state index is 5.94. The Balaban J connectivity index is 2.90. The molecular formula is C15H26N2O. The van der Waals surface area contributed by atoms with Gasteiger partial charge < -0.3 is 15.4 Å². The Kier molecular flexibility index (Phi) is 5.83. The van der Waals surface area contributed by atoms with Gasteiger partial charge in [0.15, 0.2) is 0 Å². The number of ether oxygens (including phenoxy) is 1. The van der Waals surface area contributed by atoms with Gasteiger partial charge >= 0.3 is 0 Å². The summed E-state index contributed by atoms with van der Waals surface area (Å²) in [5, 5.41) is 0. The normalized spacial score (nSPS) is 12.2. The van der Waals surface area contributed by atoms with Crippen LogP contribution >= 0.6 is 0 Å². The smallest absolute Gasteiger partial charge is 0.123 e. The molecular weight excluding hydrogens is 224 g/mol. The van der Waals surface area contributed by atoms with Crippen molar-refractivity contribution in [2.45, 2.75) is 34.1 Å². The molecule has 1 unspecified atom stereocenters. The molecule has 0 fully saturated rings. The van der Waals surface area contributed by atoms with Gasteiger partial charge in [0.1, 0.15) is 5.75 Å². The van der Waals surface area contributed by atoms with Crippen LogP contribution in [0.4, 0.5) is 11.4 Å². The number of hydrogen-bond acceptors (Lipinski definition) is 3. The SMILES string of the molecule is CCOc1cc(N)cc(N(CC)CC(C)CC)c1. The van der Waals surface area contributed by atoms with E-state index in [4.69, 9.17) is 10.5 Å². The zero-order valence-corrected chi connectivity index (χ0v) is 12.1. The molecule has 3 heteroatoms. The van der Waals surface area contributed by atoms with Crippen molar-refractivity contribution < 1.29 is 4.74 Å². The fourth-order valence-electron chi connectivity index (χ4n) is 1.96. The lowest BCUT2D eigenvalue weighted by Gasteiger charge is -2.27. The molecule has 0 saturated heterocycles. The number of anilines is 2. The summed E-state index contributed by atoms with van der Waals surface area (Å²) in [5.74, 6) is 1.54. The fraction of sp³-hybridized carbons (Fsp3) is 0.600. The van der Waals surface area contributed by atoms with E-state index in [0.29, 0.717) is 12.5 Å². The lowest BCUT2D eigenvalue weighted by Crippen LogP contribution is -2.28. The summed E-state index contributed by atoms with van der Waals surface area (Å²) < 4.78 is 5.55. The zero-order chi connectivity index (χ0) is 13.5. The lowest BCUT2D eigenvalue weighted by molar-refractivity contribution is 0.340. The van der Waals surface area contributed by atoms with Crippen molar-refractivity contribution in [2.75, 3.05) is 30.3 Å². The molecule has 102 valence electrons. The third-order valence-electron chi connectivity index (χ3n) is 3.20. The standard InChI is InChI=1S/C15H26N2O/c1-5-12(4)11-17(6-2)14-8-13(16)9-15(10-14)18-7-3/h8-10,12H,5-7,11,16H2,1-4H3. The third-order valence-corrected chi connectivity index (χ3v) is 3.20. The van der Waals surface area contributed by atoms with E-state index in [0.717, 1.165) is 30.2 Å². The van der Waals surface area contributed by atoms with Gasteiger partial charge in [-0.15, -0.1) is 0 Å². The number of rotatable bonds is 7. The van der Waals surface area contributed by atoms with Crippen LogP contribution in [0.1, 0.15) is 34.1 Å². The van der Waals surface area contributed by atoms with E-state index in [2.05, 4.69) is 31.7 Å². The molecule has 0 bridgehead atoms. The highest BCUT2D eigenvalue weighted by molar-refractivity contribution is 5.60. The van der Waals surface area contributed by atoms with Gasteiger partial charge in [-0.25, -0.2) is 0 Å². The molecule has 0 aliphatic heterocycles. The van der Waals surface area contributed by atoms with Gasteiger partial charge in [0, 0.05) is 36.6 Å². The summed E-state index contributed by atoms with van der Waals surface area (Å²) in [6.07, 6.45) is 1.19. The Hall–Kier alpha value is -1.38. The largest absolute Gasteiger partial charge is 0.494 e. The van der Waals surface area contributed by atoms with E-state index in [1.54, 1.807) is 0 Å². The molecule has 18 heavy (non-hydrogen) atoms. The second-order valence-electron chi connectivity index (χ2n) is 4.75. The molecule has 3 nitrogen and oxygen atoms in total. The van der Waals surface area contributed by atoms with Gasteiger partial charge in [0.2, 0.25) is 0 Å². The molecule has 0 heterocycles. The number of hydrogen-bond donors (Lipinski definition) is 1. The molecule has 0 aliphatic rings. The van der Waals surface area contributed by atoms with Crippen molar-refractivity contribution in [1.82, 2.24) is 0 Å². The van der Waals surface area contributed by atoms with Gasteiger partial charge in [0.05, 0.1) is 6.61 Å². The molecule has 0 amide bonds. The van der Waals surface area contributed by atoms with Crippen molar-refractivity contribution in [1.29, 1.82) is 0 Å². The number of nitrogens with two attached hydrogens (primary N) is 1. The minimum Gasteiger partial charge on any atom is -0.494 e. The molecule has 0 aliphatic carbocycles. The first-order chi connectivity index (χ1) is 8.60. The summed E-state index contributed by atoms with van der Waals surface area (Å²) in [6, 6.07) is 5.98. The minimum atomic E-state index is 0.667. The van der Waals surface area contributed by atoms with Crippen LogP contribution in [0.15, 0.2) is 18.2 Å². The lowest BCUT2D eigenvalue weighted by atomic mass is 10.1. The van der Waals surface area contributed by atoms with Gasteiger partial charge in [-0.1, -0.05) is 20.3 Å². The Morgan fingerprint density at radius 3 is 2.50 bits per heavy atom. The highest BCUT2D eigenvalue weighted by Gasteiger charge is 2.10. The van der Waals surface area contributed by atoms with Gasteiger partial charge in [-0.2, -0.15) is 0 Å². The summed E-state index contributed by atoms with van der Waals surface area (Å²) in [5.41, 5.74) is 7.86. The van der Waals surface area contributed by atoms with Crippen molar-refractivity contribution in [2.24, 2.45) is 5.92 Å². The molecule has 0 aromatic heterocycles. The molecule has 2 N–H and O–H groups in total. The maximum absolute atomic E-state index is 5.94. The predicted molar refractivity (Wildman–Crippen MR) is 79.4 cm³/mol. The van der Waals surface area contributed by atoms with Gasteiger partial charge in [-0.3, -0.25) is 0 Å². The summed E-state index contributed by atoms with van der Waals surface area (Å²) >= 11 is 0. The molecule has 1 aromatic rings. The van der Waals surface area contributed by atoms with Gasteiger partial charge in [0.25, 0.3) is 0 Å². The summed E-state index contributed by atoms with van der Waals surface area (Å²) in [7, 11) is 0. The quantitative estimate of drug-likeness (QED) is 0.752. The number of benzene rings is 1. The van der Waals surface area contributed by atoms with E-state index in [1.807, 2.05) is 19.1 Å². The van der Waals surface area contributed by atoms with Crippen molar-refractivity contribution in [3.8, 4) is 5.75 Å². The zero-order valence-electron chi connectivity index (χ0n) is 12.1. The van der Waals surface area contributed by atoms with E-state index >= 15 is 0 Å². The molecule has 0 spiro atoms. The average molecular weight is 250 g/mol. The Morgan fingerprint density at radius 1 is 1.22 bits per heavy atom. The first-order valence-electron chi connectivity index (χ1n) is 6.88. The van der Waals surface area contributed by atoms with Crippen LogP contribution in [0, 0.1) is 5.92 Å². The van der Waals surface area contributed by atoms with Crippen LogP contribution in [0.3, 0.4) is 0 Å². The first-order valence-corrected chi connectivity index (χ1v) is 6.88. The topological polar surface area (TPSA) is 38.5 Å². The minimum absolute atomic E-state index is 0.667. The Bertz CT molecular complexity index is 366. The van der Waals surface area contributed by atoms with E-state index < -0.39 is 0 Å². The fourth-order valence-corrected chi connectivity index (χ4v) is 1.96. The first kappa shape index (κ1) is 14.7. The van der Waals surface area contributed by atoms with Crippen molar-refractivity contribution in [3.63, 3.8) is 0 Å². The predicted octanol–water partition coefficient (Wildman–Crippen LogP) is 3.54. The summed E-state index contributed by atoms with van der Waals surface area (Å²) in [6.45, 7) is 11.4. The molecule has 0 radical (unpaired) electrons. The molecule has 1 aromatic carbocycles. The van der Waals surface area contributed by atoms with E-state index in [1.165, 1.54) is 6.42 Å². The van der Waals surface area contributed by atoms with Crippen LogP contribution in [0.25, 0.3) is 0 Å². The highest BCUT2D eigenvalue weighted by Crippen LogP contribution is 2.26. The van der Waals surface area contributed by atoms with Crippen molar-refractivity contribution in [3.05, 3.63) is 18.2 Å². The Labute approximate surface area is 111 Å². The molecule has 1 atom stereocenters. The third kappa shape index (κ3) is 4.13. The van der Waals surface area contributed by atoms with Crippen LogP contribution in [0.2, 0.25) is 0 Å². The Morgan fingerprint density at radius 2 is 1.94 bits per heavy atom. The second-order valence-corrected chi connectivity index (χ2v) is 4.75. The average Bonchev–Trinajstić information content (AvgIpc) is 2.35. The maximum Gasteiger partial charge on any atom is 0.123 e. The highest BCUT2D eigenvalue weighted by atomic mass is 16.5. The van der Waals surface area contributed by atoms with E-state index in [9.17, 15) is 0 Å². The van der Waals surface area contributed by atoms with Crippen LogP contribution < -0.4 is 15.4 Å². The molecule has 1 rings (SSSR count). The number of nitrogens with zero attached hydrogens (tertiary/aromatic N) is 1. The van der Waals surface area contributed by atoms with Crippen LogP contribution in [-0.2, 0) is 0 Å². The van der Waals surface area contributed by atoms with E-state index in [-0.39, 0.29) is 0 Å².